The maximum Gasteiger partial charge on any atom is 0.100 e. The van der Waals surface area contributed by atoms with Gasteiger partial charge in [0.1, 0.15) is 6.17 Å². The molecular weight excluding hydrogens is 110 g/mol. The standard InChI is InChI=1S/C4H7F.C2H5F/c5-4-2-1-3-4;1-2-3/h4H,1-3H2;2H2,1H3. The third-order valence-corrected chi connectivity index (χ3v) is 1.03. The topological polar surface area (TPSA) is 0 Å². The molecule has 0 saturated heterocycles. The second kappa shape index (κ2) is 5.01. The summed E-state index contributed by atoms with van der Waals surface area (Å²) in [5, 5.41) is 0. The number of hydrogen-bond acceptors (Lipinski definition) is 0. The van der Waals surface area contributed by atoms with E-state index in [1.54, 1.807) is 0 Å². The molecule has 2 heteroatoms. The number of hydrogen-bond donors (Lipinski definition) is 0. The quantitative estimate of drug-likeness (QED) is 0.463. The van der Waals surface area contributed by atoms with E-state index in [1.807, 2.05) is 0 Å². The van der Waals surface area contributed by atoms with E-state index in [0.717, 1.165) is 19.3 Å². The van der Waals surface area contributed by atoms with Crippen LogP contribution in [0.4, 0.5) is 8.78 Å². The van der Waals surface area contributed by atoms with Crippen molar-refractivity contribution in [2.24, 2.45) is 0 Å². The summed E-state index contributed by atoms with van der Waals surface area (Å²) in [6.07, 6.45) is 2.32. The zero-order valence-corrected chi connectivity index (χ0v) is 5.16. The summed E-state index contributed by atoms with van der Waals surface area (Å²) in [5.41, 5.74) is 0. The van der Waals surface area contributed by atoms with Gasteiger partial charge >= 0.3 is 0 Å². The lowest BCUT2D eigenvalue weighted by Gasteiger charge is -2.14. The summed E-state index contributed by atoms with van der Waals surface area (Å²) < 4.78 is 21.8. The van der Waals surface area contributed by atoms with Crippen molar-refractivity contribution in [3.63, 3.8) is 0 Å². The molecule has 0 aromatic carbocycles. The normalized spacial score (nSPS) is 18.4. The lowest BCUT2D eigenvalue weighted by atomic mass is 9.98. The Bertz CT molecular complexity index is 41.8. The molecule has 0 spiro atoms. The third kappa shape index (κ3) is 4.03. The highest BCUT2D eigenvalue weighted by Gasteiger charge is 2.14. The van der Waals surface area contributed by atoms with E-state index in [1.165, 1.54) is 6.92 Å². The summed E-state index contributed by atoms with van der Waals surface area (Å²) in [6.45, 7) is 1.21. The molecule has 0 bridgehead atoms. The Balaban J connectivity index is 0.000000145. The van der Waals surface area contributed by atoms with E-state index < -0.39 is 6.17 Å². The van der Waals surface area contributed by atoms with Crippen molar-refractivity contribution in [2.45, 2.75) is 32.4 Å². The van der Waals surface area contributed by atoms with Crippen LogP contribution in [0.2, 0.25) is 0 Å². The van der Waals surface area contributed by atoms with E-state index >= 15 is 0 Å². The first-order valence-corrected chi connectivity index (χ1v) is 3.01. The van der Waals surface area contributed by atoms with Gasteiger partial charge in [0.05, 0.1) is 6.67 Å². The molecule has 0 aromatic heterocycles. The van der Waals surface area contributed by atoms with Crippen molar-refractivity contribution in [3.05, 3.63) is 0 Å². The molecule has 1 aliphatic carbocycles. The molecule has 0 radical (unpaired) electrons. The Hall–Kier alpha value is -0.140. The first kappa shape index (κ1) is 7.86. The zero-order chi connectivity index (χ0) is 6.41. The predicted octanol–water partition coefficient (Wildman–Crippen LogP) is 2.48. The van der Waals surface area contributed by atoms with Crippen molar-refractivity contribution >= 4 is 0 Å². The predicted molar refractivity (Wildman–Crippen MR) is 30.4 cm³/mol. The van der Waals surface area contributed by atoms with Crippen molar-refractivity contribution in [2.75, 3.05) is 6.67 Å². The van der Waals surface area contributed by atoms with Crippen LogP contribution in [0.5, 0.6) is 0 Å². The van der Waals surface area contributed by atoms with E-state index in [0.29, 0.717) is 0 Å². The fourth-order valence-corrected chi connectivity index (χ4v) is 0.358. The Morgan fingerprint density at radius 2 is 1.75 bits per heavy atom. The monoisotopic (exact) mass is 122 g/mol. The van der Waals surface area contributed by atoms with Gasteiger partial charge in [0, 0.05) is 0 Å². The molecule has 1 fully saturated rings. The average molecular weight is 122 g/mol. The maximum absolute atomic E-state index is 11.5. The maximum atomic E-state index is 11.5. The molecule has 1 rings (SSSR count). The van der Waals surface area contributed by atoms with Gasteiger partial charge in [-0.25, -0.2) is 4.39 Å². The van der Waals surface area contributed by atoms with Crippen molar-refractivity contribution in [1.82, 2.24) is 0 Å². The number of halogens is 2. The van der Waals surface area contributed by atoms with Crippen LogP contribution in [0.25, 0.3) is 0 Å². The second-order valence-corrected chi connectivity index (χ2v) is 1.80. The molecule has 0 aliphatic heterocycles. The van der Waals surface area contributed by atoms with Gasteiger partial charge in [0.2, 0.25) is 0 Å². The van der Waals surface area contributed by atoms with Crippen LogP contribution in [0, 0.1) is 0 Å². The van der Waals surface area contributed by atoms with E-state index in [-0.39, 0.29) is 6.67 Å². The molecular formula is C6H12F2. The van der Waals surface area contributed by atoms with Gasteiger partial charge in [-0.05, 0) is 26.2 Å². The summed E-state index contributed by atoms with van der Waals surface area (Å²) in [4.78, 5) is 0. The first-order valence-electron chi connectivity index (χ1n) is 3.01. The fraction of sp³-hybridized carbons (Fsp3) is 1.00. The van der Waals surface area contributed by atoms with Crippen LogP contribution in [0.15, 0.2) is 0 Å². The minimum atomic E-state index is -0.435. The molecule has 0 nitrogen and oxygen atoms in total. The van der Waals surface area contributed by atoms with Crippen molar-refractivity contribution in [1.29, 1.82) is 0 Å². The van der Waals surface area contributed by atoms with Crippen LogP contribution in [-0.2, 0) is 0 Å². The van der Waals surface area contributed by atoms with Crippen LogP contribution in [-0.4, -0.2) is 12.8 Å². The first-order chi connectivity index (χ1) is 3.81. The van der Waals surface area contributed by atoms with Gasteiger partial charge in [-0.3, -0.25) is 4.39 Å². The van der Waals surface area contributed by atoms with E-state index in [2.05, 4.69) is 0 Å². The lowest BCUT2D eigenvalue weighted by molar-refractivity contribution is 0.211. The number of alkyl halides is 2. The molecule has 8 heavy (non-hydrogen) atoms. The summed E-state index contributed by atoms with van der Waals surface area (Å²) >= 11 is 0. The third-order valence-electron chi connectivity index (χ3n) is 1.03. The molecule has 0 unspecified atom stereocenters. The molecule has 50 valence electrons. The fourth-order valence-electron chi connectivity index (χ4n) is 0.358. The van der Waals surface area contributed by atoms with E-state index in [4.69, 9.17) is 0 Å². The Morgan fingerprint density at radius 1 is 1.50 bits per heavy atom. The molecule has 0 N–H and O–H groups in total. The van der Waals surface area contributed by atoms with Crippen LogP contribution in [0.3, 0.4) is 0 Å². The summed E-state index contributed by atoms with van der Waals surface area (Å²) in [7, 11) is 0. The van der Waals surface area contributed by atoms with Gasteiger partial charge < -0.3 is 0 Å². The Kier molecular flexibility index (Phi) is 4.92. The minimum Gasteiger partial charge on any atom is -0.251 e. The largest absolute Gasteiger partial charge is 0.251 e. The molecule has 0 amide bonds. The van der Waals surface area contributed by atoms with Gasteiger partial charge in [-0.1, -0.05) is 0 Å². The van der Waals surface area contributed by atoms with Crippen LogP contribution >= 0.6 is 0 Å². The Labute approximate surface area is 48.9 Å². The zero-order valence-electron chi connectivity index (χ0n) is 5.16. The van der Waals surface area contributed by atoms with Gasteiger partial charge in [0.25, 0.3) is 0 Å². The second-order valence-electron chi connectivity index (χ2n) is 1.80. The molecule has 0 heterocycles. The highest BCUT2D eigenvalue weighted by Crippen LogP contribution is 2.20. The highest BCUT2D eigenvalue weighted by molar-refractivity contribution is 4.65. The van der Waals surface area contributed by atoms with Crippen LogP contribution in [0.1, 0.15) is 26.2 Å². The molecule has 1 aliphatic rings. The molecule has 1 saturated carbocycles. The Morgan fingerprint density at radius 3 is 1.75 bits per heavy atom. The SMILES string of the molecule is CCF.FC1CCC1. The van der Waals surface area contributed by atoms with Gasteiger partial charge in [-0.2, -0.15) is 0 Å². The van der Waals surface area contributed by atoms with Gasteiger partial charge in [0.15, 0.2) is 0 Å². The minimum absolute atomic E-state index is 0.250. The average Bonchev–Trinajstić information content (AvgIpc) is 1.64. The van der Waals surface area contributed by atoms with Gasteiger partial charge in [-0.15, -0.1) is 0 Å². The smallest absolute Gasteiger partial charge is 0.100 e. The molecule has 0 aromatic rings. The summed E-state index contributed by atoms with van der Waals surface area (Å²) in [6, 6.07) is 0. The van der Waals surface area contributed by atoms with Crippen molar-refractivity contribution < 1.29 is 8.78 Å². The molecule has 0 atom stereocenters. The number of rotatable bonds is 0. The summed E-state index contributed by atoms with van der Waals surface area (Å²) in [5.74, 6) is 0. The highest BCUT2D eigenvalue weighted by atomic mass is 19.1. The van der Waals surface area contributed by atoms with Crippen LogP contribution < -0.4 is 0 Å². The van der Waals surface area contributed by atoms with Crippen molar-refractivity contribution in [3.8, 4) is 0 Å². The lowest BCUT2D eigenvalue weighted by Crippen LogP contribution is -2.09. The van der Waals surface area contributed by atoms with E-state index in [9.17, 15) is 8.78 Å².